The molecule has 1 aromatic carbocycles. The van der Waals surface area contributed by atoms with E-state index >= 15 is 0 Å². The van der Waals surface area contributed by atoms with Gasteiger partial charge in [-0.1, -0.05) is 6.07 Å². The average Bonchev–Trinajstić information content (AvgIpc) is 1.83. The van der Waals surface area contributed by atoms with Gasteiger partial charge in [-0.25, -0.2) is 0 Å². The van der Waals surface area contributed by atoms with E-state index in [1.807, 2.05) is 0 Å². The Morgan fingerprint density at radius 2 is 1.75 bits per heavy atom. The third-order valence-corrected chi connectivity index (χ3v) is 1.59. The number of hydrogen-bond donors (Lipinski definition) is 0. The molecule has 0 saturated heterocycles. The first kappa shape index (κ1) is 9.10. The largest absolute Gasteiger partial charge is 0.416 e. The monoisotopic (exact) mass is 173 g/mol. The fourth-order valence-electron chi connectivity index (χ4n) is 1.05. The molecule has 1 aromatic rings. The van der Waals surface area contributed by atoms with Crippen molar-refractivity contribution in [3.63, 3.8) is 0 Å². The van der Waals surface area contributed by atoms with Crippen molar-refractivity contribution in [3.05, 3.63) is 34.9 Å². The van der Waals surface area contributed by atoms with Crippen LogP contribution in [-0.2, 0) is 6.18 Å². The lowest BCUT2D eigenvalue weighted by Gasteiger charge is -2.09. The SMILES string of the molecule is Cc1[c]c(C)c(C(F)(F)F)cc1. The van der Waals surface area contributed by atoms with Gasteiger partial charge in [0.25, 0.3) is 0 Å². The third kappa shape index (κ3) is 1.78. The lowest BCUT2D eigenvalue weighted by molar-refractivity contribution is -0.138. The Balaban J connectivity index is 3.19. The zero-order chi connectivity index (χ0) is 9.35. The topological polar surface area (TPSA) is 0 Å². The van der Waals surface area contributed by atoms with Crippen LogP contribution < -0.4 is 0 Å². The summed E-state index contributed by atoms with van der Waals surface area (Å²) in [6, 6.07) is 5.12. The molecule has 0 atom stereocenters. The van der Waals surface area contributed by atoms with Gasteiger partial charge in [-0.15, -0.1) is 0 Å². The van der Waals surface area contributed by atoms with E-state index in [-0.39, 0.29) is 5.56 Å². The van der Waals surface area contributed by atoms with Crippen molar-refractivity contribution in [3.8, 4) is 0 Å². The van der Waals surface area contributed by atoms with Crippen LogP contribution in [0.2, 0.25) is 0 Å². The van der Waals surface area contributed by atoms with Gasteiger partial charge in [-0.3, -0.25) is 0 Å². The van der Waals surface area contributed by atoms with E-state index in [2.05, 4.69) is 6.07 Å². The predicted octanol–water partition coefficient (Wildman–Crippen LogP) is 3.12. The van der Waals surface area contributed by atoms with Crippen LogP contribution in [0.15, 0.2) is 12.1 Å². The molecule has 0 nitrogen and oxygen atoms in total. The summed E-state index contributed by atoms with van der Waals surface area (Å²) in [6.07, 6.45) is -4.26. The smallest absolute Gasteiger partial charge is 0.166 e. The zero-order valence-electron chi connectivity index (χ0n) is 6.79. The van der Waals surface area contributed by atoms with E-state index in [1.54, 1.807) is 6.92 Å². The normalized spacial score (nSPS) is 11.8. The van der Waals surface area contributed by atoms with Gasteiger partial charge in [0.1, 0.15) is 0 Å². The number of hydrogen-bond acceptors (Lipinski definition) is 0. The van der Waals surface area contributed by atoms with Gasteiger partial charge in [0, 0.05) is 0 Å². The number of aryl methyl sites for hydroxylation is 2. The van der Waals surface area contributed by atoms with E-state index in [1.165, 1.54) is 13.0 Å². The molecule has 65 valence electrons. The molecule has 0 spiro atoms. The Kier molecular flexibility index (Phi) is 2.13. The van der Waals surface area contributed by atoms with Crippen LogP contribution in [0.4, 0.5) is 13.2 Å². The quantitative estimate of drug-likeness (QED) is 0.565. The summed E-state index contributed by atoms with van der Waals surface area (Å²) in [5.41, 5.74) is 0.274. The Labute approximate surface area is 69.0 Å². The molecule has 0 aliphatic heterocycles. The van der Waals surface area contributed by atoms with Crippen molar-refractivity contribution >= 4 is 0 Å². The Bertz CT molecular complexity index is 286. The summed E-state index contributed by atoms with van der Waals surface area (Å²) < 4.78 is 36.5. The summed E-state index contributed by atoms with van der Waals surface area (Å²) in [4.78, 5) is 0. The fourth-order valence-corrected chi connectivity index (χ4v) is 1.05. The summed E-state index contributed by atoms with van der Waals surface area (Å²) in [7, 11) is 0. The second-order valence-corrected chi connectivity index (χ2v) is 2.68. The Morgan fingerprint density at radius 3 is 2.17 bits per heavy atom. The number of alkyl halides is 3. The van der Waals surface area contributed by atoms with Crippen molar-refractivity contribution in [2.24, 2.45) is 0 Å². The molecule has 1 rings (SSSR count). The molecule has 0 N–H and O–H groups in total. The van der Waals surface area contributed by atoms with Gasteiger partial charge < -0.3 is 0 Å². The molecule has 12 heavy (non-hydrogen) atoms. The van der Waals surface area contributed by atoms with Crippen molar-refractivity contribution < 1.29 is 13.2 Å². The van der Waals surface area contributed by atoms with Gasteiger partial charge in [0.15, 0.2) is 0 Å². The van der Waals surface area contributed by atoms with Gasteiger partial charge >= 0.3 is 6.18 Å². The first-order chi connectivity index (χ1) is 5.41. The number of rotatable bonds is 0. The Hall–Kier alpha value is -0.990. The van der Waals surface area contributed by atoms with Crippen LogP contribution in [0.1, 0.15) is 16.7 Å². The zero-order valence-corrected chi connectivity index (χ0v) is 6.79. The minimum atomic E-state index is -4.26. The standard InChI is InChI=1S/C9H8F3/c1-6-3-4-8(7(2)5-6)9(10,11)12/h3-4H,1-2H3. The highest BCUT2D eigenvalue weighted by Gasteiger charge is 2.31. The molecule has 0 heterocycles. The molecular weight excluding hydrogens is 165 g/mol. The highest BCUT2D eigenvalue weighted by atomic mass is 19.4. The second-order valence-electron chi connectivity index (χ2n) is 2.68. The van der Waals surface area contributed by atoms with Gasteiger partial charge in [-0.05, 0) is 37.1 Å². The second kappa shape index (κ2) is 2.81. The lowest BCUT2D eigenvalue weighted by atomic mass is 10.1. The van der Waals surface area contributed by atoms with Crippen LogP contribution in [0.3, 0.4) is 0 Å². The highest BCUT2D eigenvalue weighted by molar-refractivity contribution is 5.31. The Morgan fingerprint density at radius 1 is 1.17 bits per heavy atom. The van der Waals surface area contributed by atoms with E-state index < -0.39 is 11.7 Å². The minimum Gasteiger partial charge on any atom is -0.166 e. The van der Waals surface area contributed by atoms with E-state index in [0.29, 0.717) is 0 Å². The average molecular weight is 173 g/mol. The van der Waals surface area contributed by atoms with Crippen molar-refractivity contribution in [2.75, 3.05) is 0 Å². The molecule has 0 aliphatic carbocycles. The van der Waals surface area contributed by atoms with Crippen molar-refractivity contribution in [2.45, 2.75) is 20.0 Å². The predicted molar refractivity (Wildman–Crippen MR) is 39.8 cm³/mol. The van der Waals surface area contributed by atoms with Crippen LogP contribution in [0, 0.1) is 19.9 Å². The third-order valence-electron chi connectivity index (χ3n) is 1.59. The van der Waals surface area contributed by atoms with Crippen molar-refractivity contribution in [1.29, 1.82) is 0 Å². The van der Waals surface area contributed by atoms with E-state index in [9.17, 15) is 13.2 Å². The molecular formula is C9H8F3. The fraction of sp³-hybridized carbons (Fsp3) is 0.333. The molecule has 0 bridgehead atoms. The molecule has 1 radical (unpaired) electrons. The summed E-state index contributed by atoms with van der Waals surface area (Å²) in [5, 5.41) is 0. The molecule has 0 unspecified atom stereocenters. The molecule has 0 saturated carbocycles. The maximum Gasteiger partial charge on any atom is 0.416 e. The molecule has 0 fully saturated rings. The van der Waals surface area contributed by atoms with Crippen LogP contribution in [0.5, 0.6) is 0 Å². The molecule has 0 aromatic heterocycles. The molecule has 3 heteroatoms. The number of benzene rings is 1. The summed E-state index contributed by atoms with van der Waals surface area (Å²) in [6.45, 7) is 3.13. The van der Waals surface area contributed by atoms with Gasteiger partial charge in [0.05, 0.1) is 5.56 Å². The lowest BCUT2D eigenvalue weighted by Crippen LogP contribution is -2.07. The first-order valence-electron chi connectivity index (χ1n) is 3.48. The van der Waals surface area contributed by atoms with Crippen molar-refractivity contribution in [1.82, 2.24) is 0 Å². The molecule has 0 amide bonds. The van der Waals surface area contributed by atoms with Crippen LogP contribution >= 0.6 is 0 Å². The first-order valence-corrected chi connectivity index (χ1v) is 3.48. The maximum atomic E-state index is 12.2. The summed E-state index contributed by atoms with van der Waals surface area (Å²) >= 11 is 0. The highest BCUT2D eigenvalue weighted by Crippen LogP contribution is 2.31. The minimum absolute atomic E-state index is 0.155. The number of halogens is 3. The van der Waals surface area contributed by atoms with E-state index in [4.69, 9.17) is 0 Å². The van der Waals surface area contributed by atoms with E-state index in [0.717, 1.165) is 11.6 Å². The molecule has 0 aliphatic rings. The maximum absolute atomic E-state index is 12.2. The summed E-state index contributed by atoms with van der Waals surface area (Å²) in [5.74, 6) is 0. The van der Waals surface area contributed by atoms with Gasteiger partial charge in [0.2, 0.25) is 0 Å². The van der Waals surface area contributed by atoms with Crippen LogP contribution in [0.25, 0.3) is 0 Å². The van der Waals surface area contributed by atoms with Crippen LogP contribution in [-0.4, -0.2) is 0 Å². The van der Waals surface area contributed by atoms with Gasteiger partial charge in [-0.2, -0.15) is 13.2 Å².